The Balaban J connectivity index is 1.95. The molecule has 0 radical (unpaired) electrons. The van der Waals surface area contributed by atoms with Gasteiger partial charge in [0.1, 0.15) is 5.82 Å². The van der Waals surface area contributed by atoms with E-state index < -0.39 is 5.91 Å². The minimum atomic E-state index is -0.599. The van der Waals surface area contributed by atoms with Gasteiger partial charge in [0.15, 0.2) is 0 Å². The number of nitrogens with one attached hydrogen (secondary N) is 1. The van der Waals surface area contributed by atoms with Crippen molar-refractivity contribution in [1.29, 1.82) is 0 Å². The topological polar surface area (TPSA) is 55.1 Å². The van der Waals surface area contributed by atoms with E-state index in [0.717, 1.165) is 12.3 Å². The molecule has 1 aromatic carbocycles. The highest BCUT2D eigenvalue weighted by Gasteiger charge is 2.24. The molecule has 4 heteroatoms. The van der Waals surface area contributed by atoms with Gasteiger partial charge in [-0.15, -0.1) is 0 Å². The lowest BCUT2D eigenvalue weighted by atomic mass is 9.80. The maximum absolute atomic E-state index is 13.9. The fourth-order valence-electron chi connectivity index (χ4n) is 3.05. The van der Waals surface area contributed by atoms with Crippen LogP contribution in [0.2, 0.25) is 0 Å². The van der Waals surface area contributed by atoms with Crippen LogP contribution in [0.5, 0.6) is 0 Å². The standard InChI is InChI=1S/C16H23FN2O/c1-10-3-6-15(11(2)7-10)19-9-13-5-4-12(16(18)20)8-14(13)17/h4-5,8,10-11,15,19H,3,6-7,9H2,1-2H3,(H2,18,20). The van der Waals surface area contributed by atoms with Gasteiger partial charge in [0.25, 0.3) is 0 Å². The molecule has 0 aromatic heterocycles. The first-order valence-electron chi connectivity index (χ1n) is 7.29. The third-order valence-corrected chi connectivity index (χ3v) is 4.32. The quantitative estimate of drug-likeness (QED) is 0.889. The Morgan fingerprint density at radius 2 is 2.15 bits per heavy atom. The van der Waals surface area contributed by atoms with Gasteiger partial charge in [-0.1, -0.05) is 19.9 Å². The van der Waals surface area contributed by atoms with Gasteiger partial charge in [-0.25, -0.2) is 4.39 Å². The molecule has 1 aliphatic rings. The molecule has 1 fully saturated rings. The van der Waals surface area contributed by atoms with E-state index in [1.165, 1.54) is 18.9 Å². The fourth-order valence-corrected chi connectivity index (χ4v) is 3.05. The van der Waals surface area contributed by atoms with E-state index in [1.807, 2.05) is 0 Å². The van der Waals surface area contributed by atoms with E-state index in [0.29, 0.717) is 24.1 Å². The van der Waals surface area contributed by atoms with Crippen LogP contribution in [-0.2, 0) is 6.54 Å². The average molecular weight is 278 g/mol. The number of hydrogen-bond acceptors (Lipinski definition) is 2. The smallest absolute Gasteiger partial charge is 0.248 e. The summed E-state index contributed by atoms with van der Waals surface area (Å²) in [5.74, 6) is 0.435. The van der Waals surface area contributed by atoms with Gasteiger partial charge < -0.3 is 11.1 Å². The average Bonchev–Trinajstić information content (AvgIpc) is 2.38. The van der Waals surface area contributed by atoms with Crippen molar-refractivity contribution in [2.75, 3.05) is 0 Å². The van der Waals surface area contributed by atoms with Gasteiger partial charge in [-0.05, 0) is 43.2 Å². The minimum absolute atomic E-state index is 0.214. The van der Waals surface area contributed by atoms with Gasteiger partial charge in [0.2, 0.25) is 5.91 Å². The Morgan fingerprint density at radius 3 is 2.75 bits per heavy atom. The number of primary amides is 1. The van der Waals surface area contributed by atoms with Crippen molar-refractivity contribution in [3.63, 3.8) is 0 Å². The molecule has 1 aliphatic carbocycles. The number of amides is 1. The normalized spacial score (nSPS) is 26.4. The molecular weight excluding hydrogens is 255 g/mol. The second-order valence-corrected chi connectivity index (χ2v) is 6.05. The Kier molecular flexibility index (Phi) is 4.76. The summed E-state index contributed by atoms with van der Waals surface area (Å²) in [5.41, 5.74) is 5.93. The molecule has 0 spiro atoms. The van der Waals surface area contributed by atoms with Gasteiger partial charge in [0, 0.05) is 23.7 Å². The van der Waals surface area contributed by atoms with E-state index in [-0.39, 0.29) is 11.4 Å². The van der Waals surface area contributed by atoms with Crippen molar-refractivity contribution < 1.29 is 9.18 Å². The lowest BCUT2D eigenvalue weighted by molar-refractivity contribution is 0.1000. The first kappa shape index (κ1) is 15.0. The first-order valence-corrected chi connectivity index (χ1v) is 7.29. The van der Waals surface area contributed by atoms with Crippen molar-refractivity contribution in [1.82, 2.24) is 5.32 Å². The Hall–Kier alpha value is -1.42. The van der Waals surface area contributed by atoms with Gasteiger partial charge >= 0.3 is 0 Å². The van der Waals surface area contributed by atoms with Gasteiger partial charge in [0.05, 0.1) is 0 Å². The summed E-state index contributed by atoms with van der Waals surface area (Å²) in [6, 6.07) is 4.88. The Bertz CT molecular complexity index is 489. The lowest BCUT2D eigenvalue weighted by Gasteiger charge is -2.33. The van der Waals surface area contributed by atoms with Gasteiger partial charge in [-0.3, -0.25) is 4.79 Å². The third kappa shape index (κ3) is 3.57. The largest absolute Gasteiger partial charge is 0.366 e. The summed E-state index contributed by atoms with van der Waals surface area (Å²) in [4.78, 5) is 11.0. The van der Waals surface area contributed by atoms with Crippen molar-refractivity contribution in [3.8, 4) is 0 Å². The highest BCUT2D eigenvalue weighted by molar-refractivity contribution is 5.92. The zero-order chi connectivity index (χ0) is 14.7. The molecule has 3 atom stereocenters. The number of halogens is 1. The number of carbonyl (C=O) groups excluding carboxylic acids is 1. The summed E-state index contributed by atoms with van der Waals surface area (Å²) in [6.45, 7) is 5.03. The second-order valence-electron chi connectivity index (χ2n) is 6.05. The molecule has 1 saturated carbocycles. The first-order chi connectivity index (χ1) is 9.47. The number of nitrogens with two attached hydrogens (primary N) is 1. The molecule has 3 unspecified atom stereocenters. The molecule has 110 valence electrons. The van der Waals surface area contributed by atoms with Crippen LogP contribution in [0.4, 0.5) is 4.39 Å². The monoisotopic (exact) mass is 278 g/mol. The molecular formula is C16H23FN2O. The highest BCUT2D eigenvalue weighted by atomic mass is 19.1. The summed E-state index contributed by atoms with van der Waals surface area (Å²) >= 11 is 0. The molecule has 1 aromatic rings. The molecule has 1 amide bonds. The fraction of sp³-hybridized carbons (Fsp3) is 0.562. The predicted molar refractivity (Wildman–Crippen MR) is 77.7 cm³/mol. The molecule has 3 N–H and O–H groups in total. The van der Waals surface area contributed by atoms with Gasteiger partial charge in [-0.2, -0.15) is 0 Å². The molecule has 3 nitrogen and oxygen atoms in total. The van der Waals surface area contributed by atoms with Crippen molar-refractivity contribution >= 4 is 5.91 Å². The van der Waals surface area contributed by atoms with Crippen molar-refractivity contribution in [3.05, 3.63) is 35.1 Å². The number of carbonyl (C=O) groups is 1. The van der Waals surface area contributed by atoms with Crippen LogP contribution in [0.25, 0.3) is 0 Å². The Morgan fingerprint density at radius 1 is 1.40 bits per heavy atom. The summed E-state index contributed by atoms with van der Waals surface area (Å²) in [6.07, 6.45) is 3.59. The number of benzene rings is 1. The van der Waals surface area contributed by atoms with E-state index in [4.69, 9.17) is 5.73 Å². The van der Waals surface area contributed by atoms with Crippen LogP contribution in [0.3, 0.4) is 0 Å². The zero-order valence-corrected chi connectivity index (χ0v) is 12.2. The second kappa shape index (κ2) is 6.35. The molecule has 0 heterocycles. The van der Waals surface area contributed by atoms with Crippen LogP contribution in [0.15, 0.2) is 18.2 Å². The maximum Gasteiger partial charge on any atom is 0.248 e. The number of rotatable bonds is 4. The van der Waals surface area contributed by atoms with Crippen molar-refractivity contribution in [2.24, 2.45) is 17.6 Å². The summed E-state index contributed by atoms with van der Waals surface area (Å²) < 4.78 is 13.9. The van der Waals surface area contributed by atoms with E-state index in [2.05, 4.69) is 19.2 Å². The SMILES string of the molecule is CC1CCC(NCc2ccc(C(N)=O)cc2F)C(C)C1. The minimum Gasteiger partial charge on any atom is -0.366 e. The molecule has 0 aliphatic heterocycles. The van der Waals surface area contributed by atoms with Crippen LogP contribution in [-0.4, -0.2) is 11.9 Å². The highest BCUT2D eigenvalue weighted by Crippen LogP contribution is 2.28. The van der Waals surface area contributed by atoms with E-state index in [9.17, 15) is 9.18 Å². The van der Waals surface area contributed by atoms with E-state index >= 15 is 0 Å². The van der Waals surface area contributed by atoms with E-state index in [1.54, 1.807) is 12.1 Å². The third-order valence-electron chi connectivity index (χ3n) is 4.32. The zero-order valence-electron chi connectivity index (χ0n) is 12.2. The molecule has 0 saturated heterocycles. The van der Waals surface area contributed by atoms with Crippen LogP contribution in [0, 0.1) is 17.7 Å². The predicted octanol–water partition coefficient (Wildman–Crippen LogP) is 2.84. The summed E-state index contributed by atoms with van der Waals surface area (Å²) in [7, 11) is 0. The van der Waals surface area contributed by atoms with Crippen LogP contribution >= 0.6 is 0 Å². The van der Waals surface area contributed by atoms with Crippen LogP contribution in [0.1, 0.15) is 49.0 Å². The number of hydrogen-bond donors (Lipinski definition) is 2. The maximum atomic E-state index is 13.9. The molecule has 20 heavy (non-hydrogen) atoms. The molecule has 2 rings (SSSR count). The summed E-state index contributed by atoms with van der Waals surface area (Å²) in [5, 5.41) is 3.44. The van der Waals surface area contributed by atoms with Crippen LogP contribution < -0.4 is 11.1 Å². The molecule has 0 bridgehead atoms. The van der Waals surface area contributed by atoms with Crippen molar-refractivity contribution in [2.45, 2.75) is 45.7 Å². The lowest BCUT2D eigenvalue weighted by Crippen LogP contribution is -2.38. The Labute approximate surface area is 119 Å².